The number of hydrogen-bond acceptors (Lipinski definition) is 3. The third-order valence-electron chi connectivity index (χ3n) is 13.9. The van der Waals surface area contributed by atoms with Gasteiger partial charge < -0.3 is 14.2 Å². The molecule has 1 heterocycles. The molecule has 11 rings (SSSR count). The Morgan fingerprint density at radius 2 is 0.768 bits per heavy atom. The van der Waals surface area contributed by atoms with Crippen LogP contribution in [0.2, 0.25) is 0 Å². The maximum absolute atomic E-state index is 6.83. The van der Waals surface area contributed by atoms with Crippen molar-refractivity contribution in [1.82, 2.24) is 0 Å². The SMILES string of the molecule is CC(C)c1ccc(-c2ccccc2N(c2ccccc2)c2ccc3cc4c(cc3c2)oc2cc3cc(N(c5ccc(C(C)C)cc5)c5ccccc5-c5ccc(C(C)(C)C)cc5)ccc3cc24)cc1. The van der Waals surface area contributed by atoms with E-state index in [4.69, 9.17) is 4.42 Å². The molecule has 0 radical (unpaired) electrons. The predicted octanol–water partition coefficient (Wildman–Crippen LogP) is 19.7. The third-order valence-corrected chi connectivity index (χ3v) is 13.9. The van der Waals surface area contributed by atoms with Crippen LogP contribution in [0.5, 0.6) is 0 Å². The maximum atomic E-state index is 6.83. The summed E-state index contributed by atoms with van der Waals surface area (Å²) in [6, 6.07) is 78.1. The molecule has 0 aliphatic heterocycles. The molecule has 0 fully saturated rings. The fraction of sp³-hybridized carbons (Fsp3) is 0.152. The summed E-state index contributed by atoms with van der Waals surface area (Å²) in [6.07, 6.45) is 0. The summed E-state index contributed by atoms with van der Waals surface area (Å²) >= 11 is 0. The van der Waals surface area contributed by atoms with Crippen LogP contribution < -0.4 is 9.80 Å². The lowest BCUT2D eigenvalue weighted by Crippen LogP contribution is -2.12. The van der Waals surface area contributed by atoms with Crippen molar-refractivity contribution >= 4 is 77.6 Å². The molecule has 0 N–H and O–H groups in total. The van der Waals surface area contributed by atoms with Crippen molar-refractivity contribution in [3.63, 3.8) is 0 Å². The quantitative estimate of drug-likeness (QED) is 0.136. The topological polar surface area (TPSA) is 19.6 Å². The number of rotatable bonds is 10. The van der Waals surface area contributed by atoms with Crippen LogP contribution in [-0.4, -0.2) is 0 Å². The lowest BCUT2D eigenvalue weighted by atomic mass is 9.86. The van der Waals surface area contributed by atoms with Crippen LogP contribution >= 0.6 is 0 Å². The molecule has 0 saturated heterocycles. The van der Waals surface area contributed by atoms with Gasteiger partial charge in [0.25, 0.3) is 0 Å². The molecule has 0 spiro atoms. The Bertz CT molecular complexity index is 3630. The van der Waals surface area contributed by atoms with Gasteiger partial charge in [-0.1, -0.05) is 176 Å². The van der Waals surface area contributed by atoms with E-state index in [1.54, 1.807) is 0 Å². The van der Waals surface area contributed by atoms with E-state index in [0.29, 0.717) is 11.8 Å². The molecule has 0 bridgehead atoms. The summed E-state index contributed by atoms with van der Waals surface area (Å²) in [5.41, 5.74) is 17.2. The first-order valence-corrected chi connectivity index (χ1v) is 24.5. The van der Waals surface area contributed by atoms with E-state index in [9.17, 15) is 0 Å². The van der Waals surface area contributed by atoms with E-state index in [0.717, 1.165) is 66.8 Å². The van der Waals surface area contributed by atoms with Gasteiger partial charge in [-0.05, 0) is 152 Å². The Hall–Kier alpha value is -7.88. The number of benzene rings is 10. The molecule has 1 aromatic heterocycles. The van der Waals surface area contributed by atoms with Crippen molar-refractivity contribution in [2.75, 3.05) is 9.80 Å². The van der Waals surface area contributed by atoms with Crippen LogP contribution in [0, 0.1) is 0 Å². The Kier molecular flexibility index (Phi) is 11.2. The first-order chi connectivity index (χ1) is 33.5. The Balaban J connectivity index is 1.00. The van der Waals surface area contributed by atoms with Crippen LogP contribution in [0.3, 0.4) is 0 Å². The molecule has 3 heteroatoms. The highest BCUT2D eigenvalue weighted by Crippen LogP contribution is 2.45. The van der Waals surface area contributed by atoms with Gasteiger partial charge in [0.15, 0.2) is 0 Å². The average Bonchev–Trinajstić information content (AvgIpc) is 3.71. The van der Waals surface area contributed by atoms with Gasteiger partial charge in [0.05, 0.1) is 11.4 Å². The molecule has 338 valence electrons. The summed E-state index contributed by atoms with van der Waals surface area (Å²) in [5.74, 6) is 0.918. The monoisotopic (exact) mass is 894 g/mol. The number of fused-ring (bicyclic) bond motifs is 5. The van der Waals surface area contributed by atoms with Gasteiger partial charge in [-0.15, -0.1) is 0 Å². The zero-order valence-electron chi connectivity index (χ0n) is 40.7. The maximum Gasteiger partial charge on any atom is 0.136 e. The van der Waals surface area contributed by atoms with Crippen LogP contribution in [0.1, 0.15) is 77.0 Å². The van der Waals surface area contributed by atoms with Gasteiger partial charge in [-0.25, -0.2) is 0 Å². The second kappa shape index (κ2) is 17.6. The van der Waals surface area contributed by atoms with Gasteiger partial charge in [0.1, 0.15) is 11.2 Å². The molecular weight excluding hydrogens is 837 g/mol. The van der Waals surface area contributed by atoms with Gasteiger partial charge in [-0.2, -0.15) is 0 Å². The Morgan fingerprint density at radius 3 is 1.23 bits per heavy atom. The van der Waals surface area contributed by atoms with Crippen molar-refractivity contribution in [1.29, 1.82) is 0 Å². The van der Waals surface area contributed by atoms with Crippen molar-refractivity contribution in [3.8, 4) is 22.3 Å². The lowest BCUT2D eigenvalue weighted by Gasteiger charge is -2.28. The molecule has 69 heavy (non-hydrogen) atoms. The average molecular weight is 895 g/mol. The molecular formula is C66H58N2O. The molecule has 0 aliphatic carbocycles. The summed E-state index contributed by atoms with van der Waals surface area (Å²) in [6.45, 7) is 15.8. The highest BCUT2D eigenvalue weighted by atomic mass is 16.3. The number of furan rings is 1. The fourth-order valence-electron chi connectivity index (χ4n) is 9.98. The summed E-state index contributed by atoms with van der Waals surface area (Å²) in [4.78, 5) is 4.78. The zero-order valence-corrected chi connectivity index (χ0v) is 40.7. The molecule has 11 aromatic rings. The minimum absolute atomic E-state index is 0.0782. The largest absolute Gasteiger partial charge is 0.456 e. The number of hydrogen-bond donors (Lipinski definition) is 0. The molecule has 3 nitrogen and oxygen atoms in total. The molecule has 10 aromatic carbocycles. The first kappa shape index (κ1) is 43.7. The molecule has 0 amide bonds. The smallest absolute Gasteiger partial charge is 0.136 e. The molecule has 0 aliphatic rings. The van der Waals surface area contributed by atoms with Crippen molar-refractivity contribution in [2.24, 2.45) is 0 Å². The second-order valence-electron chi connectivity index (χ2n) is 20.3. The van der Waals surface area contributed by atoms with Gasteiger partial charge in [-0.3, -0.25) is 0 Å². The molecule has 0 atom stereocenters. The summed E-state index contributed by atoms with van der Waals surface area (Å²) in [5, 5.41) is 6.81. The van der Waals surface area contributed by atoms with E-state index >= 15 is 0 Å². The van der Waals surface area contributed by atoms with E-state index < -0.39 is 0 Å². The number of nitrogens with zero attached hydrogens (tertiary/aromatic N) is 2. The van der Waals surface area contributed by atoms with E-state index in [1.165, 1.54) is 49.7 Å². The van der Waals surface area contributed by atoms with Crippen LogP contribution in [-0.2, 0) is 5.41 Å². The lowest BCUT2D eigenvalue weighted by molar-refractivity contribution is 0.590. The van der Waals surface area contributed by atoms with Crippen LogP contribution in [0.25, 0.3) is 65.7 Å². The van der Waals surface area contributed by atoms with Crippen molar-refractivity contribution in [3.05, 3.63) is 229 Å². The summed E-state index contributed by atoms with van der Waals surface area (Å²) in [7, 11) is 0. The van der Waals surface area contributed by atoms with Crippen molar-refractivity contribution < 1.29 is 4.42 Å². The van der Waals surface area contributed by atoms with E-state index in [2.05, 4.69) is 271 Å². The summed E-state index contributed by atoms with van der Waals surface area (Å²) < 4.78 is 6.83. The second-order valence-corrected chi connectivity index (χ2v) is 20.3. The third kappa shape index (κ3) is 8.33. The highest BCUT2D eigenvalue weighted by Gasteiger charge is 2.22. The van der Waals surface area contributed by atoms with E-state index in [-0.39, 0.29) is 5.41 Å². The number of anilines is 6. The highest BCUT2D eigenvalue weighted by molar-refractivity contribution is 6.14. The Morgan fingerprint density at radius 1 is 0.362 bits per heavy atom. The normalized spacial score (nSPS) is 12.0. The van der Waals surface area contributed by atoms with Gasteiger partial charge >= 0.3 is 0 Å². The zero-order chi connectivity index (χ0) is 47.4. The van der Waals surface area contributed by atoms with Gasteiger partial charge in [0, 0.05) is 44.6 Å². The van der Waals surface area contributed by atoms with Crippen LogP contribution in [0.4, 0.5) is 34.1 Å². The molecule has 0 saturated carbocycles. The van der Waals surface area contributed by atoms with Crippen molar-refractivity contribution in [2.45, 2.75) is 65.7 Å². The standard InChI is InChI=1S/C66H58N2O/c1-43(2)45-21-23-47(24-22-45)58-17-11-13-19-62(58)67(54-15-9-8-10-16-54)56-35-29-49-39-60-61-40-50-30-36-57(38-52(50)42-65(61)69-64(60)41-51(49)37-56)68(55-33-27-46(28-34-55)44(3)4)63-20-14-12-18-59(63)48-25-31-53(32-26-48)66(5,6)7/h8-44H,1-7H3. The van der Waals surface area contributed by atoms with Gasteiger partial charge in [0.2, 0.25) is 0 Å². The minimum Gasteiger partial charge on any atom is -0.456 e. The molecule has 0 unspecified atom stereocenters. The number of para-hydroxylation sites is 3. The van der Waals surface area contributed by atoms with Crippen LogP contribution in [0.15, 0.2) is 217 Å². The minimum atomic E-state index is 0.0782. The first-order valence-electron chi connectivity index (χ1n) is 24.5. The van der Waals surface area contributed by atoms with E-state index in [1.807, 2.05) is 0 Å². The predicted molar refractivity (Wildman–Crippen MR) is 296 cm³/mol. The Labute approximate surface area is 406 Å². The fourth-order valence-corrected chi connectivity index (χ4v) is 9.98.